The third kappa shape index (κ3) is 6.13. The molecule has 0 amide bonds. The van der Waals surface area contributed by atoms with Crippen LogP contribution < -0.4 is 0 Å². The van der Waals surface area contributed by atoms with E-state index in [-0.39, 0.29) is 46.5 Å². The molecule has 2 aliphatic heterocycles. The Morgan fingerprint density at radius 3 is 1.96 bits per heavy atom. The minimum absolute atomic E-state index is 0.0580. The standard InChI is InChI=1S/C42H68O14/c1-20-9-14-42(37(52)56-36-34(51)32(49)30(47)24(18-44)55-36)16-15-40(5)22(28(42)21(20)2)7-8-26-38(3)12-11-27(45)39(4,25(38)10-13-41(26,40)6)19-53-35-33(50)31(48)29(46)23(17-43)54-35/h9,21-36,43-51H,7-8,10-19H2,1-6H3. The zero-order valence-electron chi connectivity index (χ0n) is 33.9. The Balaban J connectivity index is 1.15. The molecular weight excluding hydrogens is 728 g/mol. The van der Waals surface area contributed by atoms with Gasteiger partial charge in [-0.1, -0.05) is 46.3 Å². The SMILES string of the molecule is CC1=CCC2(C(=O)OC3OC(CO)C(O)C(O)C3O)CCC3(C)C(CCC4C5(C)CCC(O)C(C)(COC6OC(CO)C(O)C(O)C6O)C5CCC43C)C2C1C. The Morgan fingerprint density at radius 2 is 1.34 bits per heavy atom. The number of esters is 1. The Hall–Kier alpha value is -1.27. The monoisotopic (exact) mass is 796 g/mol. The maximum absolute atomic E-state index is 14.6. The molecule has 5 aliphatic carbocycles. The van der Waals surface area contributed by atoms with Crippen molar-refractivity contribution >= 4 is 5.97 Å². The van der Waals surface area contributed by atoms with Crippen LogP contribution in [0, 0.1) is 56.7 Å². The van der Waals surface area contributed by atoms with Gasteiger partial charge in [0.05, 0.1) is 31.3 Å². The van der Waals surface area contributed by atoms with Gasteiger partial charge in [0.15, 0.2) is 6.29 Å². The van der Waals surface area contributed by atoms with E-state index in [0.717, 1.165) is 38.5 Å². The average molecular weight is 797 g/mol. The van der Waals surface area contributed by atoms with Crippen LogP contribution in [-0.2, 0) is 23.7 Å². The summed E-state index contributed by atoms with van der Waals surface area (Å²) < 4.78 is 23.5. The fourth-order valence-electron chi connectivity index (χ4n) is 14.1. The lowest BCUT2D eigenvalue weighted by Crippen LogP contribution is -2.69. The van der Waals surface area contributed by atoms with Gasteiger partial charge in [0.2, 0.25) is 6.29 Å². The molecule has 0 aromatic rings. The number of ether oxygens (including phenoxy) is 4. The number of hydrogen-bond donors (Lipinski definition) is 9. The first-order valence-corrected chi connectivity index (χ1v) is 21.0. The number of aliphatic hydroxyl groups is 9. The molecule has 9 N–H and O–H groups in total. The van der Waals surface area contributed by atoms with E-state index in [4.69, 9.17) is 18.9 Å². The van der Waals surface area contributed by atoms with E-state index in [2.05, 4.69) is 47.6 Å². The third-order valence-electron chi connectivity index (χ3n) is 17.8. The second-order valence-electron chi connectivity index (χ2n) is 20.0. The van der Waals surface area contributed by atoms with Crippen LogP contribution in [0.25, 0.3) is 0 Å². The van der Waals surface area contributed by atoms with Crippen LogP contribution in [0.4, 0.5) is 0 Å². The molecule has 21 atom stereocenters. The normalized spacial score (nSPS) is 55.8. The molecule has 2 saturated heterocycles. The van der Waals surface area contributed by atoms with Gasteiger partial charge in [0.25, 0.3) is 0 Å². The fraction of sp³-hybridized carbons (Fsp3) is 0.929. The summed E-state index contributed by atoms with van der Waals surface area (Å²) in [5, 5.41) is 94.2. The van der Waals surface area contributed by atoms with E-state index in [9.17, 15) is 50.8 Å². The van der Waals surface area contributed by atoms with Gasteiger partial charge in [-0.3, -0.25) is 4.79 Å². The molecule has 14 nitrogen and oxygen atoms in total. The van der Waals surface area contributed by atoms with Crippen molar-refractivity contribution in [1.82, 2.24) is 0 Å². The average Bonchev–Trinajstić information content (AvgIpc) is 3.17. The van der Waals surface area contributed by atoms with Gasteiger partial charge in [-0.2, -0.15) is 0 Å². The molecule has 320 valence electrons. The smallest absolute Gasteiger partial charge is 0.315 e. The van der Waals surface area contributed by atoms with Crippen molar-refractivity contribution < 1.29 is 69.7 Å². The van der Waals surface area contributed by atoms with Crippen molar-refractivity contribution in [3.05, 3.63) is 11.6 Å². The van der Waals surface area contributed by atoms with E-state index in [1.807, 2.05) is 0 Å². The highest BCUT2D eigenvalue weighted by molar-refractivity contribution is 5.78. The first-order chi connectivity index (χ1) is 26.3. The summed E-state index contributed by atoms with van der Waals surface area (Å²) >= 11 is 0. The van der Waals surface area contributed by atoms with Gasteiger partial charge in [-0.15, -0.1) is 0 Å². The van der Waals surface area contributed by atoms with Crippen LogP contribution in [0.15, 0.2) is 11.6 Å². The highest BCUT2D eigenvalue weighted by Crippen LogP contribution is 2.77. The van der Waals surface area contributed by atoms with Gasteiger partial charge in [-0.05, 0) is 111 Å². The van der Waals surface area contributed by atoms with E-state index >= 15 is 0 Å². The molecule has 0 aromatic carbocycles. The lowest BCUT2D eigenvalue weighted by molar-refractivity contribution is -0.317. The molecule has 21 unspecified atom stereocenters. The molecule has 2 heterocycles. The van der Waals surface area contributed by atoms with E-state index in [1.54, 1.807) is 0 Å². The lowest BCUT2D eigenvalue weighted by atomic mass is 9.31. The first kappa shape index (κ1) is 42.8. The van der Waals surface area contributed by atoms with Crippen LogP contribution in [0.5, 0.6) is 0 Å². The highest BCUT2D eigenvalue weighted by Gasteiger charge is 2.72. The summed E-state index contributed by atoms with van der Waals surface area (Å²) in [6.45, 7) is 12.5. The fourth-order valence-corrected chi connectivity index (χ4v) is 14.1. The summed E-state index contributed by atoms with van der Waals surface area (Å²) in [7, 11) is 0. The maximum atomic E-state index is 14.6. The quantitative estimate of drug-likeness (QED) is 0.130. The van der Waals surface area contributed by atoms with Crippen molar-refractivity contribution in [1.29, 1.82) is 0 Å². The first-order valence-electron chi connectivity index (χ1n) is 21.0. The lowest BCUT2D eigenvalue weighted by Gasteiger charge is -2.73. The zero-order valence-corrected chi connectivity index (χ0v) is 33.9. The molecule has 14 heteroatoms. The molecule has 0 bridgehead atoms. The van der Waals surface area contributed by atoms with Crippen molar-refractivity contribution in [3.63, 3.8) is 0 Å². The van der Waals surface area contributed by atoms with E-state index in [0.29, 0.717) is 25.2 Å². The minimum Gasteiger partial charge on any atom is -0.432 e. The number of rotatable bonds is 7. The number of carbonyl (C=O) groups excluding carboxylic acids is 1. The third-order valence-corrected chi connectivity index (χ3v) is 17.8. The van der Waals surface area contributed by atoms with E-state index < -0.39 is 97.5 Å². The predicted molar refractivity (Wildman–Crippen MR) is 199 cm³/mol. The van der Waals surface area contributed by atoms with Gasteiger partial charge < -0.3 is 64.9 Å². The number of fused-ring (bicyclic) bond motifs is 7. The molecule has 6 fully saturated rings. The van der Waals surface area contributed by atoms with Crippen molar-refractivity contribution in [3.8, 4) is 0 Å². The second-order valence-corrected chi connectivity index (χ2v) is 20.0. The van der Waals surface area contributed by atoms with Crippen LogP contribution in [-0.4, -0.2) is 139 Å². The van der Waals surface area contributed by atoms with Crippen molar-refractivity contribution in [2.24, 2.45) is 56.7 Å². The summed E-state index contributed by atoms with van der Waals surface area (Å²) in [5.41, 5.74) is -0.785. The molecular formula is C42H68O14. The molecule has 56 heavy (non-hydrogen) atoms. The molecule has 0 spiro atoms. The van der Waals surface area contributed by atoms with Gasteiger partial charge >= 0.3 is 5.97 Å². The van der Waals surface area contributed by atoms with E-state index in [1.165, 1.54) is 5.57 Å². The Morgan fingerprint density at radius 1 is 0.732 bits per heavy atom. The van der Waals surface area contributed by atoms with Crippen LogP contribution in [0.1, 0.15) is 99.3 Å². The van der Waals surface area contributed by atoms with Gasteiger partial charge in [-0.25, -0.2) is 0 Å². The largest absolute Gasteiger partial charge is 0.432 e. The summed E-state index contributed by atoms with van der Waals surface area (Å²) in [5.74, 6) is 0.0837. The highest BCUT2D eigenvalue weighted by atomic mass is 16.7. The number of carbonyl (C=O) groups is 1. The van der Waals surface area contributed by atoms with Crippen molar-refractivity contribution in [2.75, 3.05) is 19.8 Å². The van der Waals surface area contributed by atoms with Gasteiger partial charge in [0.1, 0.15) is 48.8 Å². The van der Waals surface area contributed by atoms with Crippen LogP contribution in [0.2, 0.25) is 0 Å². The number of hydrogen-bond acceptors (Lipinski definition) is 14. The number of allylic oxidation sites excluding steroid dienone is 2. The maximum Gasteiger partial charge on any atom is 0.315 e. The summed E-state index contributed by atoms with van der Waals surface area (Å²) in [6.07, 6.45) is -6.24. The molecule has 7 rings (SSSR count). The van der Waals surface area contributed by atoms with Crippen LogP contribution >= 0.6 is 0 Å². The van der Waals surface area contributed by atoms with Crippen LogP contribution in [0.3, 0.4) is 0 Å². The molecule has 0 aromatic heterocycles. The van der Waals surface area contributed by atoms with Gasteiger partial charge in [0, 0.05) is 5.41 Å². The topological polar surface area (TPSA) is 236 Å². The molecule has 7 aliphatic rings. The zero-order chi connectivity index (χ0) is 40.9. The second kappa shape index (κ2) is 15.0. The Bertz CT molecular complexity index is 1490. The Labute approximate surface area is 330 Å². The minimum atomic E-state index is -1.67. The molecule has 4 saturated carbocycles. The van der Waals surface area contributed by atoms with Crippen molar-refractivity contribution in [2.45, 2.75) is 167 Å². The summed E-state index contributed by atoms with van der Waals surface area (Å²) in [6, 6.07) is 0. The summed E-state index contributed by atoms with van der Waals surface area (Å²) in [4.78, 5) is 14.6. The Kier molecular flexibility index (Phi) is 11.5. The number of aliphatic hydroxyl groups excluding tert-OH is 9. The predicted octanol–water partition coefficient (Wildman–Crippen LogP) is 1.14. The molecule has 0 radical (unpaired) electrons.